The van der Waals surface area contributed by atoms with E-state index < -0.39 is 0 Å². The highest BCUT2D eigenvalue weighted by Gasteiger charge is 2.31. The predicted octanol–water partition coefficient (Wildman–Crippen LogP) is 2.60. The molecule has 0 spiro atoms. The highest BCUT2D eigenvalue weighted by atomic mass is 16.5. The molecule has 2 aromatic rings. The molecule has 0 aromatic heterocycles. The summed E-state index contributed by atoms with van der Waals surface area (Å²) < 4.78 is 11.0. The van der Waals surface area contributed by atoms with Crippen molar-refractivity contribution in [1.82, 2.24) is 4.90 Å². The van der Waals surface area contributed by atoms with Gasteiger partial charge in [-0.05, 0) is 28.7 Å². The van der Waals surface area contributed by atoms with Crippen LogP contribution in [0.25, 0.3) is 0 Å². The zero-order valence-electron chi connectivity index (χ0n) is 14.3. The van der Waals surface area contributed by atoms with Gasteiger partial charge in [0.1, 0.15) is 12.5 Å². The number of rotatable bonds is 4. The lowest BCUT2D eigenvalue weighted by atomic mass is 9.78. The molecule has 2 aromatic carbocycles. The molecule has 1 heterocycles. The lowest BCUT2D eigenvalue weighted by Crippen LogP contribution is -2.38. The molecule has 0 saturated carbocycles. The highest BCUT2D eigenvalue weighted by molar-refractivity contribution is 5.84. The molecule has 1 saturated heterocycles. The summed E-state index contributed by atoms with van der Waals surface area (Å²) in [4.78, 5) is 15.2. The molecule has 0 unspecified atom stereocenters. The van der Waals surface area contributed by atoms with Crippen molar-refractivity contribution in [1.29, 1.82) is 0 Å². The second kappa shape index (κ2) is 7.38. The summed E-state index contributed by atoms with van der Waals surface area (Å²) >= 11 is 0. The van der Waals surface area contributed by atoms with Crippen molar-refractivity contribution in [3.8, 4) is 0 Å². The number of esters is 1. The van der Waals surface area contributed by atoms with Gasteiger partial charge in [0.05, 0.1) is 13.2 Å². The number of hydrogen-bond donors (Lipinski definition) is 0. The Morgan fingerprint density at radius 1 is 1.00 bits per heavy atom. The van der Waals surface area contributed by atoms with E-state index in [4.69, 9.17) is 9.47 Å². The van der Waals surface area contributed by atoms with Crippen LogP contribution in [0.2, 0.25) is 0 Å². The third kappa shape index (κ3) is 3.46. The Balaban J connectivity index is 1.49. The first-order valence-electron chi connectivity index (χ1n) is 8.95. The largest absolute Gasteiger partial charge is 0.464 e. The Labute approximate surface area is 148 Å². The molecule has 0 radical (unpaired) electrons. The standard InChI is InChI=1S/C21H23NO3/c23-21(25-14-11-22-9-12-24-13-10-22)20-18-7-3-1-5-16(18)15-17-6-2-4-8-19(17)20/h1-8,20H,9-15H2. The van der Waals surface area contributed by atoms with Crippen LogP contribution in [0.3, 0.4) is 0 Å². The summed E-state index contributed by atoms with van der Waals surface area (Å²) in [5.74, 6) is -0.460. The van der Waals surface area contributed by atoms with Crippen LogP contribution in [0, 0.1) is 0 Å². The van der Waals surface area contributed by atoms with E-state index in [0.29, 0.717) is 6.61 Å². The summed E-state index contributed by atoms with van der Waals surface area (Å²) in [7, 11) is 0. The molecule has 2 aliphatic rings. The van der Waals surface area contributed by atoms with Gasteiger partial charge in [0, 0.05) is 19.6 Å². The van der Waals surface area contributed by atoms with Crippen LogP contribution in [0.5, 0.6) is 0 Å². The zero-order valence-corrected chi connectivity index (χ0v) is 14.3. The minimum Gasteiger partial charge on any atom is -0.464 e. The fourth-order valence-corrected chi connectivity index (χ4v) is 3.76. The van der Waals surface area contributed by atoms with Gasteiger partial charge in [0.25, 0.3) is 0 Å². The molecular formula is C21H23NO3. The summed E-state index contributed by atoms with van der Waals surface area (Å²) in [6, 6.07) is 16.4. The zero-order chi connectivity index (χ0) is 17.1. The fraction of sp³-hybridized carbons (Fsp3) is 0.381. The first-order chi connectivity index (χ1) is 12.3. The van der Waals surface area contributed by atoms with E-state index in [9.17, 15) is 4.79 Å². The first-order valence-corrected chi connectivity index (χ1v) is 8.95. The molecule has 130 valence electrons. The maximum absolute atomic E-state index is 12.9. The van der Waals surface area contributed by atoms with E-state index >= 15 is 0 Å². The monoisotopic (exact) mass is 337 g/mol. The summed E-state index contributed by atoms with van der Waals surface area (Å²) in [5, 5.41) is 0. The van der Waals surface area contributed by atoms with Crippen LogP contribution in [-0.2, 0) is 20.7 Å². The molecule has 0 N–H and O–H groups in total. The Morgan fingerprint density at radius 3 is 2.24 bits per heavy atom. The van der Waals surface area contributed by atoms with Crippen molar-refractivity contribution < 1.29 is 14.3 Å². The number of carbonyl (C=O) groups is 1. The number of benzene rings is 2. The third-order valence-electron chi connectivity index (χ3n) is 5.10. The number of fused-ring (bicyclic) bond motifs is 2. The number of carbonyl (C=O) groups excluding carboxylic acids is 1. The lowest BCUT2D eigenvalue weighted by molar-refractivity contribution is -0.145. The van der Waals surface area contributed by atoms with E-state index in [1.807, 2.05) is 24.3 Å². The fourth-order valence-electron chi connectivity index (χ4n) is 3.76. The summed E-state index contributed by atoms with van der Waals surface area (Å²) in [6.45, 7) is 4.54. The molecular weight excluding hydrogens is 314 g/mol. The van der Waals surface area contributed by atoms with Crippen LogP contribution < -0.4 is 0 Å². The molecule has 1 fully saturated rings. The molecule has 25 heavy (non-hydrogen) atoms. The topological polar surface area (TPSA) is 38.8 Å². The van der Waals surface area contributed by atoms with Gasteiger partial charge in [0.15, 0.2) is 0 Å². The number of nitrogens with zero attached hydrogens (tertiary/aromatic N) is 1. The number of ether oxygens (including phenoxy) is 2. The van der Waals surface area contributed by atoms with Crippen molar-refractivity contribution in [3.05, 3.63) is 70.8 Å². The third-order valence-corrected chi connectivity index (χ3v) is 5.10. The normalized spacial score (nSPS) is 17.6. The molecule has 0 atom stereocenters. The maximum atomic E-state index is 12.9. The van der Waals surface area contributed by atoms with Gasteiger partial charge < -0.3 is 9.47 Å². The minimum absolute atomic E-state index is 0.146. The smallest absolute Gasteiger partial charge is 0.317 e. The quantitative estimate of drug-likeness (QED) is 0.804. The van der Waals surface area contributed by atoms with Crippen molar-refractivity contribution in [3.63, 3.8) is 0 Å². The van der Waals surface area contributed by atoms with Gasteiger partial charge in [-0.3, -0.25) is 9.69 Å². The van der Waals surface area contributed by atoms with E-state index in [0.717, 1.165) is 50.4 Å². The Bertz CT molecular complexity index is 707. The first kappa shape index (κ1) is 16.3. The van der Waals surface area contributed by atoms with Crippen molar-refractivity contribution >= 4 is 5.97 Å². The Morgan fingerprint density at radius 2 is 1.60 bits per heavy atom. The van der Waals surface area contributed by atoms with Crippen LogP contribution in [-0.4, -0.2) is 50.3 Å². The lowest BCUT2D eigenvalue weighted by Gasteiger charge is -2.28. The van der Waals surface area contributed by atoms with Crippen molar-refractivity contribution in [2.24, 2.45) is 0 Å². The molecule has 1 aliphatic carbocycles. The molecule has 4 nitrogen and oxygen atoms in total. The van der Waals surface area contributed by atoms with Gasteiger partial charge >= 0.3 is 5.97 Å². The Hall–Kier alpha value is -2.17. The maximum Gasteiger partial charge on any atom is 0.317 e. The molecule has 1 aliphatic heterocycles. The van der Waals surface area contributed by atoms with Gasteiger partial charge in [-0.1, -0.05) is 48.5 Å². The van der Waals surface area contributed by atoms with Crippen molar-refractivity contribution in [2.45, 2.75) is 12.3 Å². The second-order valence-corrected chi connectivity index (χ2v) is 6.63. The van der Waals surface area contributed by atoms with E-state index in [2.05, 4.69) is 29.2 Å². The van der Waals surface area contributed by atoms with E-state index in [1.54, 1.807) is 0 Å². The van der Waals surface area contributed by atoms with E-state index in [1.165, 1.54) is 11.1 Å². The molecule has 0 bridgehead atoms. The molecule has 4 rings (SSSR count). The number of morpholine rings is 1. The highest BCUT2D eigenvalue weighted by Crippen LogP contribution is 2.37. The number of hydrogen-bond acceptors (Lipinski definition) is 4. The van der Waals surface area contributed by atoms with Crippen LogP contribution >= 0.6 is 0 Å². The average molecular weight is 337 g/mol. The summed E-state index contributed by atoms with van der Waals surface area (Å²) in [6.07, 6.45) is 0.879. The van der Waals surface area contributed by atoms with Crippen LogP contribution in [0.15, 0.2) is 48.5 Å². The van der Waals surface area contributed by atoms with Gasteiger partial charge in [-0.25, -0.2) is 0 Å². The SMILES string of the molecule is O=C(OCCN1CCOCC1)C1c2ccccc2Cc2ccccc21. The summed E-state index contributed by atoms with van der Waals surface area (Å²) in [5.41, 5.74) is 4.60. The van der Waals surface area contributed by atoms with Gasteiger partial charge in [0.2, 0.25) is 0 Å². The van der Waals surface area contributed by atoms with Gasteiger partial charge in [-0.2, -0.15) is 0 Å². The van der Waals surface area contributed by atoms with Crippen LogP contribution in [0.1, 0.15) is 28.2 Å². The van der Waals surface area contributed by atoms with Crippen LogP contribution in [0.4, 0.5) is 0 Å². The minimum atomic E-state index is -0.314. The average Bonchev–Trinajstić information content (AvgIpc) is 2.66. The molecule has 0 amide bonds. The van der Waals surface area contributed by atoms with Crippen molar-refractivity contribution in [2.75, 3.05) is 39.5 Å². The molecule has 4 heteroatoms. The Kier molecular flexibility index (Phi) is 4.81. The van der Waals surface area contributed by atoms with Gasteiger partial charge in [-0.15, -0.1) is 0 Å². The van der Waals surface area contributed by atoms with E-state index in [-0.39, 0.29) is 11.9 Å². The second-order valence-electron chi connectivity index (χ2n) is 6.63. The predicted molar refractivity (Wildman–Crippen MR) is 95.8 cm³/mol.